The van der Waals surface area contributed by atoms with Gasteiger partial charge in [0.1, 0.15) is 5.69 Å². The van der Waals surface area contributed by atoms with Gasteiger partial charge in [0.25, 0.3) is 0 Å². The molecule has 1 saturated heterocycles. The highest BCUT2D eigenvalue weighted by Crippen LogP contribution is 2.04. The van der Waals surface area contributed by atoms with Gasteiger partial charge in [-0.15, -0.1) is 5.10 Å². The van der Waals surface area contributed by atoms with Gasteiger partial charge in [-0.2, -0.15) is 0 Å². The van der Waals surface area contributed by atoms with Crippen molar-refractivity contribution in [3.05, 3.63) is 11.9 Å². The zero-order valence-corrected chi connectivity index (χ0v) is 9.72. The second-order valence-electron chi connectivity index (χ2n) is 4.13. The smallest absolute Gasteiger partial charge is 0.108 e. The summed E-state index contributed by atoms with van der Waals surface area (Å²) in [7, 11) is 1.84. The molecule has 0 aliphatic carbocycles. The highest BCUT2D eigenvalue weighted by atomic mass is 16.5. The maximum absolute atomic E-state index is 5.70. The van der Waals surface area contributed by atoms with E-state index >= 15 is 0 Å². The Bertz CT molecular complexity index is 328. The number of aromatic nitrogens is 3. The number of aryl methyl sites for hydroxylation is 1. The van der Waals surface area contributed by atoms with Crippen LogP contribution in [0.2, 0.25) is 0 Å². The Labute approximate surface area is 94.9 Å². The van der Waals surface area contributed by atoms with E-state index in [1.54, 1.807) is 4.68 Å². The fourth-order valence-electron chi connectivity index (χ4n) is 1.73. The Balaban J connectivity index is 1.67. The molecular weight excluding hydrogens is 208 g/mol. The van der Waals surface area contributed by atoms with Crippen LogP contribution in [-0.2, 0) is 23.1 Å². The lowest BCUT2D eigenvalue weighted by Crippen LogP contribution is -2.45. The number of ether oxygens (including phenoxy) is 2. The quantitative estimate of drug-likeness (QED) is 0.764. The van der Waals surface area contributed by atoms with Crippen molar-refractivity contribution >= 4 is 0 Å². The Morgan fingerprint density at radius 3 is 3.19 bits per heavy atom. The number of nitrogens with one attached hydrogen (secondary N) is 1. The summed E-state index contributed by atoms with van der Waals surface area (Å²) >= 11 is 0. The van der Waals surface area contributed by atoms with Crippen LogP contribution >= 0.6 is 0 Å². The summed E-state index contributed by atoms with van der Waals surface area (Å²) in [5, 5.41) is 11.1. The molecule has 2 atom stereocenters. The zero-order chi connectivity index (χ0) is 11.4. The van der Waals surface area contributed by atoms with E-state index in [0.29, 0.717) is 13.2 Å². The van der Waals surface area contributed by atoms with E-state index in [1.165, 1.54) is 0 Å². The lowest BCUT2D eigenvalue weighted by atomic mass is 10.2. The molecule has 1 aliphatic heterocycles. The average molecular weight is 226 g/mol. The minimum absolute atomic E-state index is 0.139. The van der Waals surface area contributed by atoms with E-state index in [2.05, 4.69) is 22.6 Å². The van der Waals surface area contributed by atoms with Gasteiger partial charge in [0.2, 0.25) is 0 Å². The molecule has 1 fully saturated rings. The first-order valence-corrected chi connectivity index (χ1v) is 5.53. The van der Waals surface area contributed by atoms with Crippen molar-refractivity contribution in [2.75, 3.05) is 19.7 Å². The maximum Gasteiger partial charge on any atom is 0.108 e. The minimum Gasteiger partial charge on any atom is -0.372 e. The van der Waals surface area contributed by atoms with Crippen LogP contribution in [0.5, 0.6) is 0 Å². The fraction of sp³-hybridized carbons (Fsp3) is 0.800. The molecule has 0 amide bonds. The summed E-state index contributed by atoms with van der Waals surface area (Å²) in [6, 6.07) is 0. The lowest BCUT2D eigenvalue weighted by molar-refractivity contribution is -0.0719. The van der Waals surface area contributed by atoms with Crippen molar-refractivity contribution in [1.29, 1.82) is 0 Å². The summed E-state index contributed by atoms with van der Waals surface area (Å²) in [4.78, 5) is 0. The van der Waals surface area contributed by atoms with Gasteiger partial charge in [-0.1, -0.05) is 5.21 Å². The van der Waals surface area contributed by atoms with Crippen LogP contribution in [0.3, 0.4) is 0 Å². The highest BCUT2D eigenvalue weighted by Gasteiger charge is 2.18. The van der Waals surface area contributed by atoms with Crippen molar-refractivity contribution in [3.63, 3.8) is 0 Å². The minimum atomic E-state index is 0.139. The Morgan fingerprint density at radius 1 is 1.62 bits per heavy atom. The molecule has 16 heavy (non-hydrogen) atoms. The molecule has 6 nitrogen and oxygen atoms in total. The van der Waals surface area contributed by atoms with Crippen molar-refractivity contribution in [1.82, 2.24) is 20.3 Å². The first-order valence-electron chi connectivity index (χ1n) is 5.53. The zero-order valence-electron chi connectivity index (χ0n) is 9.72. The largest absolute Gasteiger partial charge is 0.372 e. The van der Waals surface area contributed by atoms with Gasteiger partial charge in [0.15, 0.2) is 0 Å². The van der Waals surface area contributed by atoms with Gasteiger partial charge in [-0.25, -0.2) is 0 Å². The number of nitrogens with zero attached hydrogens (tertiary/aromatic N) is 3. The molecule has 0 saturated carbocycles. The summed E-state index contributed by atoms with van der Waals surface area (Å²) in [6.45, 7) is 4.91. The second-order valence-corrected chi connectivity index (χ2v) is 4.13. The summed E-state index contributed by atoms with van der Waals surface area (Å²) in [5.41, 5.74) is 0.847. The fourth-order valence-corrected chi connectivity index (χ4v) is 1.73. The van der Waals surface area contributed by atoms with E-state index in [-0.39, 0.29) is 12.2 Å². The number of rotatable bonds is 4. The molecule has 0 radical (unpaired) electrons. The van der Waals surface area contributed by atoms with Gasteiger partial charge >= 0.3 is 0 Å². The first-order chi connectivity index (χ1) is 7.74. The summed E-state index contributed by atoms with van der Waals surface area (Å²) < 4.78 is 12.9. The third kappa shape index (κ3) is 3.26. The maximum atomic E-state index is 5.70. The number of morpholine rings is 1. The van der Waals surface area contributed by atoms with Crippen LogP contribution in [-0.4, -0.2) is 46.9 Å². The van der Waals surface area contributed by atoms with Crippen molar-refractivity contribution in [2.24, 2.45) is 7.05 Å². The molecule has 0 bridgehead atoms. The van der Waals surface area contributed by atoms with Crippen LogP contribution in [0.15, 0.2) is 6.20 Å². The average Bonchev–Trinajstić information content (AvgIpc) is 2.64. The summed E-state index contributed by atoms with van der Waals surface area (Å²) in [5.74, 6) is 0. The van der Waals surface area contributed by atoms with E-state index in [0.717, 1.165) is 18.8 Å². The third-order valence-electron chi connectivity index (χ3n) is 2.43. The molecule has 6 heteroatoms. The van der Waals surface area contributed by atoms with Crippen LogP contribution < -0.4 is 5.32 Å². The van der Waals surface area contributed by atoms with Crippen molar-refractivity contribution in [3.8, 4) is 0 Å². The first kappa shape index (κ1) is 11.5. The molecule has 90 valence electrons. The predicted molar refractivity (Wildman–Crippen MR) is 57.9 cm³/mol. The van der Waals surface area contributed by atoms with Crippen LogP contribution in [0, 0.1) is 0 Å². The molecule has 1 aromatic rings. The van der Waals surface area contributed by atoms with Crippen LogP contribution in [0.25, 0.3) is 0 Å². The standard InChI is InChI=1S/C10H18N4O2/c1-8-3-11-4-10(16-8)7-15-6-9-5-14(2)13-12-9/h5,8,10-11H,3-4,6-7H2,1-2H3. The SMILES string of the molecule is CC1CNCC(COCc2cn(C)nn2)O1. The van der Waals surface area contributed by atoms with Gasteiger partial charge < -0.3 is 14.8 Å². The third-order valence-corrected chi connectivity index (χ3v) is 2.43. The molecule has 1 aromatic heterocycles. The Kier molecular flexibility index (Phi) is 3.87. The van der Waals surface area contributed by atoms with Crippen LogP contribution in [0.1, 0.15) is 12.6 Å². The normalized spacial score (nSPS) is 25.9. The molecule has 0 spiro atoms. The predicted octanol–water partition coefficient (Wildman–Crippen LogP) is -0.291. The van der Waals surface area contributed by atoms with E-state index in [4.69, 9.17) is 9.47 Å². The van der Waals surface area contributed by atoms with Gasteiger partial charge in [0, 0.05) is 20.1 Å². The molecule has 2 unspecified atom stereocenters. The van der Waals surface area contributed by atoms with Crippen molar-refractivity contribution in [2.45, 2.75) is 25.7 Å². The summed E-state index contributed by atoms with van der Waals surface area (Å²) in [6.07, 6.45) is 2.25. The Morgan fingerprint density at radius 2 is 2.50 bits per heavy atom. The van der Waals surface area contributed by atoms with E-state index in [9.17, 15) is 0 Å². The lowest BCUT2D eigenvalue weighted by Gasteiger charge is -2.28. The molecule has 2 heterocycles. The molecule has 1 N–H and O–H groups in total. The van der Waals surface area contributed by atoms with Gasteiger partial charge in [-0.3, -0.25) is 4.68 Å². The van der Waals surface area contributed by atoms with Crippen LogP contribution in [0.4, 0.5) is 0 Å². The van der Waals surface area contributed by atoms with Gasteiger partial charge in [0.05, 0.1) is 31.6 Å². The van der Waals surface area contributed by atoms with Crippen molar-refractivity contribution < 1.29 is 9.47 Å². The molecular formula is C10H18N4O2. The highest BCUT2D eigenvalue weighted by molar-refractivity contribution is 4.88. The number of hydrogen-bond acceptors (Lipinski definition) is 5. The van der Waals surface area contributed by atoms with E-state index in [1.807, 2.05) is 13.2 Å². The van der Waals surface area contributed by atoms with E-state index < -0.39 is 0 Å². The molecule has 0 aromatic carbocycles. The topological polar surface area (TPSA) is 61.2 Å². The number of hydrogen-bond donors (Lipinski definition) is 1. The molecule has 1 aliphatic rings. The monoisotopic (exact) mass is 226 g/mol. The second kappa shape index (κ2) is 5.38. The molecule has 2 rings (SSSR count). The Hall–Kier alpha value is -0.980. The van der Waals surface area contributed by atoms with Gasteiger partial charge in [-0.05, 0) is 6.92 Å².